The highest BCUT2D eigenvalue weighted by Gasteiger charge is 2.42. The van der Waals surface area contributed by atoms with E-state index in [2.05, 4.69) is 26.1 Å². The zero-order valence-corrected chi connectivity index (χ0v) is 12.6. The SMILES string of the molecule is Cc1nc(C2(NC3CC3)CCC(C)CC2)sc1C. The molecule has 0 amide bonds. The molecule has 0 atom stereocenters. The topological polar surface area (TPSA) is 24.9 Å². The average Bonchev–Trinajstić information content (AvgIpc) is 3.09. The Hall–Kier alpha value is -0.410. The predicted molar refractivity (Wildman–Crippen MR) is 77.1 cm³/mol. The summed E-state index contributed by atoms with van der Waals surface area (Å²) in [6.07, 6.45) is 7.96. The molecule has 0 unspecified atom stereocenters. The molecule has 1 N–H and O–H groups in total. The van der Waals surface area contributed by atoms with Crippen molar-refractivity contribution in [3.8, 4) is 0 Å². The second-order valence-corrected chi connectivity index (χ2v) is 7.55. The molecule has 2 nitrogen and oxygen atoms in total. The fourth-order valence-corrected chi connectivity index (χ4v) is 4.10. The number of rotatable bonds is 3. The maximum Gasteiger partial charge on any atom is 0.113 e. The number of hydrogen-bond acceptors (Lipinski definition) is 3. The van der Waals surface area contributed by atoms with Crippen LogP contribution >= 0.6 is 11.3 Å². The Balaban J connectivity index is 1.88. The third kappa shape index (κ3) is 2.35. The molecule has 18 heavy (non-hydrogen) atoms. The Bertz CT molecular complexity index is 406. The molecule has 1 aromatic heterocycles. The molecule has 1 aromatic rings. The van der Waals surface area contributed by atoms with E-state index in [1.54, 1.807) is 0 Å². The zero-order chi connectivity index (χ0) is 12.8. The number of hydrogen-bond donors (Lipinski definition) is 1. The molecule has 0 spiro atoms. The minimum absolute atomic E-state index is 0.206. The van der Waals surface area contributed by atoms with Gasteiger partial charge in [-0.25, -0.2) is 4.98 Å². The molecule has 0 radical (unpaired) electrons. The van der Waals surface area contributed by atoms with Crippen LogP contribution in [0.5, 0.6) is 0 Å². The van der Waals surface area contributed by atoms with Crippen LogP contribution in [0.15, 0.2) is 0 Å². The van der Waals surface area contributed by atoms with E-state index < -0.39 is 0 Å². The average molecular weight is 264 g/mol. The summed E-state index contributed by atoms with van der Waals surface area (Å²) in [6, 6.07) is 0.767. The lowest BCUT2D eigenvalue weighted by molar-refractivity contribution is 0.193. The van der Waals surface area contributed by atoms with Crippen LogP contribution < -0.4 is 5.32 Å². The van der Waals surface area contributed by atoms with Gasteiger partial charge in [-0.1, -0.05) is 6.92 Å². The predicted octanol–water partition coefficient (Wildman–Crippen LogP) is 3.92. The number of aryl methyl sites for hydroxylation is 2. The summed E-state index contributed by atoms with van der Waals surface area (Å²) in [6.45, 7) is 6.73. The first-order chi connectivity index (χ1) is 8.59. The second kappa shape index (κ2) is 4.61. The first-order valence-corrected chi connectivity index (χ1v) is 8.13. The zero-order valence-electron chi connectivity index (χ0n) is 11.8. The summed E-state index contributed by atoms with van der Waals surface area (Å²) in [5, 5.41) is 5.29. The van der Waals surface area contributed by atoms with Crippen LogP contribution in [-0.2, 0) is 5.54 Å². The van der Waals surface area contributed by atoms with Crippen LogP contribution in [0.2, 0.25) is 0 Å². The Kier molecular flexibility index (Phi) is 3.23. The summed E-state index contributed by atoms with van der Waals surface area (Å²) in [5.41, 5.74) is 1.43. The number of nitrogens with one attached hydrogen (secondary N) is 1. The largest absolute Gasteiger partial charge is 0.303 e. The van der Waals surface area contributed by atoms with Gasteiger partial charge in [0.25, 0.3) is 0 Å². The van der Waals surface area contributed by atoms with Gasteiger partial charge in [-0.2, -0.15) is 0 Å². The molecule has 1 heterocycles. The van der Waals surface area contributed by atoms with E-state index in [0.717, 1.165) is 12.0 Å². The molecule has 0 saturated heterocycles. The smallest absolute Gasteiger partial charge is 0.113 e. The van der Waals surface area contributed by atoms with E-state index in [-0.39, 0.29) is 5.54 Å². The quantitative estimate of drug-likeness (QED) is 0.895. The lowest BCUT2D eigenvalue weighted by Crippen LogP contribution is -2.46. The second-order valence-electron chi connectivity index (χ2n) is 6.34. The van der Waals surface area contributed by atoms with Gasteiger partial charge in [0.15, 0.2) is 0 Å². The molecule has 0 bridgehead atoms. The normalized spacial score (nSPS) is 32.7. The van der Waals surface area contributed by atoms with Crippen LogP contribution in [0, 0.1) is 19.8 Å². The van der Waals surface area contributed by atoms with Gasteiger partial charge in [0.1, 0.15) is 5.01 Å². The monoisotopic (exact) mass is 264 g/mol. The molecular weight excluding hydrogens is 240 g/mol. The van der Waals surface area contributed by atoms with Crippen molar-refractivity contribution in [2.45, 2.75) is 70.9 Å². The lowest BCUT2D eigenvalue weighted by atomic mass is 9.77. The first kappa shape index (κ1) is 12.6. The van der Waals surface area contributed by atoms with Crippen molar-refractivity contribution in [3.63, 3.8) is 0 Å². The summed E-state index contributed by atoms with van der Waals surface area (Å²) in [7, 11) is 0. The summed E-state index contributed by atoms with van der Waals surface area (Å²) in [5.74, 6) is 0.890. The lowest BCUT2D eigenvalue weighted by Gasteiger charge is -2.39. The van der Waals surface area contributed by atoms with Gasteiger partial charge < -0.3 is 5.32 Å². The van der Waals surface area contributed by atoms with E-state index in [1.807, 2.05) is 11.3 Å². The Morgan fingerprint density at radius 1 is 1.17 bits per heavy atom. The van der Waals surface area contributed by atoms with Crippen molar-refractivity contribution in [1.29, 1.82) is 0 Å². The molecule has 2 saturated carbocycles. The van der Waals surface area contributed by atoms with Crippen molar-refractivity contribution < 1.29 is 0 Å². The van der Waals surface area contributed by atoms with Gasteiger partial charge in [-0.3, -0.25) is 0 Å². The molecular formula is C15H24N2S. The minimum atomic E-state index is 0.206. The van der Waals surface area contributed by atoms with E-state index >= 15 is 0 Å². The molecule has 3 rings (SSSR count). The van der Waals surface area contributed by atoms with Crippen molar-refractivity contribution in [2.75, 3.05) is 0 Å². The van der Waals surface area contributed by atoms with Crippen molar-refractivity contribution >= 4 is 11.3 Å². The van der Waals surface area contributed by atoms with Gasteiger partial charge in [0, 0.05) is 10.9 Å². The molecule has 2 fully saturated rings. The number of thiazole rings is 1. The van der Waals surface area contributed by atoms with E-state index in [9.17, 15) is 0 Å². The number of nitrogens with zero attached hydrogens (tertiary/aromatic N) is 1. The first-order valence-electron chi connectivity index (χ1n) is 7.31. The Labute approximate surface area is 114 Å². The maximum atomic E-state index is 4.87. The van der Waals surface area contributed by atoms with Crippen LogP contribution in [0.4, 0.5) is 0 Å². The third-order valence-electron chi connectivity index (χ3n) is 4.62. The standard InChI is InChI=1S/C15H24N2S/c1-10-6-8-15(9-7-10,17-13-4-5-13)14-16-11(2)12(3)18-14/h10,13,17H,4-9H2,1-3H3. The highest BCUT2D eigenvalue weighted by Crippen LogP contribution is 2.43. The van der Waals surface area contributed by atoms with Gasteiger partial charge >= 0.3 is 0 Å². The Morgan fingerprint density at radius 3 is 2.33 bits per heavy atom. The summed E-state index contributed by atoms with van der Waals surface area (Å²) >= 11 is 1.92. The van der Waals surface area contributed by atoms with Gasteiger partial charge in [0.05, 0.1) is 11.2 Å². The Morgan fingerprint density at radius 2 is 1.83 bits per heavy atom. The van der Waals surface area contributed by atoms with Crippen molar-refractivity contribution in [3.05, 3.63) is 15.6 Å². The molecule has 0 aliphatic heterocycles. The van der Waals surface area contributed by atoms with E-state index in [0.29, 0.717) is 0 Å². The molecule has 3 heteroatoms. The number of aromatic nitrogens is 1. The van der Waals surface area contributed by atoms with Crippen molar-refractivity contribution in [1.82, 2.24) is 10.3 Å². The van der Waals surface area contributed by atoms with Gasteiger partial charge in [-0.15, -0.1) is 11.3 Å². The van der Waals surface area contributed by atoms with Crippen LogP contribution in [-0.4, -0.2) is 11.0 Å². The van der Waals surface area contributed by atoms with Crippen LogP contribution in [0.25, 0.3) is 0 Å². The molecule has 2 aliphatic rings. The molecule has 2 aliphatic carbocycles. The maximum absolute atomic E-state index is 4.87. The third-order valence-corrected chi connectivity index (χ3v) is 5.90. The van der Waals surface area contributed by atoms with Crippen LogP contribution in [0.3, 0.4) is 0 Å². The van der Waals surface area contributed by atoms with E-state index in [1.165, 1.54) is 54.1 Å². The molecule has 0 aromatic carbocycles. The summed E-state index contributed by atoms with van der Waals surface area (Å²) in [4.78, 5) is 6.26. The van der Waals surface area contributed by atoms with Gasteiger partial charge in [-0.05, 0) is 58.3 Å². The summed E-state index contributed by atoms with van der Waals surface area (Å²) < 4.78 is 0. The minimum Gasteiger partial charge on any atom is -0.303 e. The van der Waals surface area contributed by atoms with Crippen LogP contribution in [0.1, 0.15) is 61.0 Å². The van der Waals surface area contributed by atoms with Gasteiger partial charge in [0.2, 0.25) is 0 Å². The van der Waals surface area contributed by atoms with E-state index in [4.69, 9.17) is 4.98 Å². The fraction of sp³-hybridized carbons (Fsp3) is 0.800. The highest BCUT2D eigenvalue weighted by atomic mass is 32.1. The molecule has 100 valence electrons. The van der Waals surface area contributed by atoms with Crippen molar-refractivity contribution in [2.24, 2.45) is 5.92 Å². The highest BCUT2D eigenvalue weighted by molar-refractivity contribution is 7.11. The fourth-order valence-electron chi connectivity index (χ4n) is 2.97.